The lowest BCUT2D eigenvalue weighted by atomic mass is 9.98. The fraction of sp³-hybridized carbons (Fsp3) is 0.579. The molecule has 2 aromatic rings. The Morgan fingerprint density at radius 1 is 1.16 bits per heavy atom. The van der Waals surface area contributed by atoms with Gasteiger partial charge in [-0.1, -0.05) is 19.1 Å². The molecule has 0 saturated carbocycles. The summed E-state index contributed by atoms with van der Waals surface area (Å²) in [5, 5.41) is 3.13. The number of piperidine rings is 1. The average Bonchev–Trinajstić information content (AvgIpc) is 2.97. The highest BCUT2D eigenvalue weighted by Gasteiger charge is 2.39. The number of carbonyl (C=O) groups excluding carboxylic acids is 1. The number of aromatic nitrogens is 2. The first-order chi connectivity index (χ1) is 12.1. The second-order valence-corrected chi connectivity index (χ2v) is 7.43. The Morgan fingerprint density at radius 2 is 1.80 bits per heavy atom. The SMILES string of the molecule is CCCn1c(=O)n(C(=O)NC2CC3CCC(C2)N3C)c2ccccc21. The minimum Gasteiger partial charge on any atom is -0.334 e. The quantitative estimate of drug-likeness (QED) is 0.932. The van der Waals surface area contributed by atoms with E-state index >= 15 is 0 Å². The van der Waals surface area contributed by atoms with E-state index < -0.39 is 0 Å². The summed E-state index contributed by atoms with van der Waals surface area (Å²) >= 11 is 0. The largest absolute Gasteiger partial charge is 0.337 e. The van der Waals surface area contributed by atoms with E-state index in [1.54, 1.807) is 4.57 Å². The number of aryl methyl sites for hydroxylation is 1. The van der Waals surface area contributed by atoms with Crippen LogP contribution in [0.2, 0.25) is 0 Å². The van der Waals surface area contributed by atoms with E-state index in [4.69, 9.17) is 0 Å². The van der Waals surface area contributed by atoms with Gasteiger partial charge in [0.1, 0.15) is 0 Å². The molecule has 6 heteroatoms. The van der Waals surface area contributed by atoms with E-state index in [2.05, 4.69) is 17.3 Å². The van der Waals surface area contributed by atoms with Crippen molar-refractivity contribution in [3.8, 4) is 0 Å². The van der Waals surface area contributed by atoms with E-state index in [0.717, 1.165) is 24.8 Å². The molecule has 2 unspecified atom stereocenters. The van der Waals surface area contributed by atoms with E-state index in [1.807, 2.05) is 31.2 Å². The molecule has 2 bridgehead atoms. The highest BCUT2D eigenvalue weighted by Crippen LogP contribution is 2.34. The number of benzene rings is 1. The summed E-state index contributed by atoms with van der Waals surface area (Å²) in [7, 11) is 2.18. The van der Waals surface area contributed by atoms with Gasteiger partial charge in [0.15, 0.2) is 0 Å². The van der Waals surface area contributed by atoms with Gasteiger partial charge in [0.25, 0.3) is 0 Å². The lowest BCUT2D eigenvalue weighted by molar-refractivity contribution is 0.149. The number of imidazole rings is 1. The number of rotatable bonds is 3. The Morgan fingerprint density at radius 3 is 2.44 bits per heavy atom. The smallest absolute Gasteiger partial charge is 0.334 e. The molecule has 2 aliphatic rings. The van der Waals surface area contributed by atoms with Crippen molar-refractivity contribution in [2.24, 2.45) is 0 Å². The summed E-state index contributed by atoms with van der Waals surface area (Å²) in [6.45, 7) is 2.66. The number of amides is 1. The second kappa shape index (κ2) is 6.33. The molecular weight excluding hydrogens is 316 g/mol. The minimum atomic E-state index is -0.287. The number of hydrogen-bond acceptors (Lipinski definition) is 3. The summed E-state index contributed by atoms with van der Waals surface area (Å²) in [5.41, 5.74) is 1.28. The number of hydrogen-bond donors (Lipinski definition) is 1. The fourth-order valence-corrected chi connectivity index (χ4v) is 4.61. The predicted octanol–water partition coefficient (Wildman–Crippen LogP) is 2.40. The van der Waals surface area contributed by atoms with Crippen LogP contribution < -0.4 is 11.0 Å². The molecule has 2 saturated heterocycles. The molecule has 134 valence electrons. The van der Waals surface area contributed by atoms with Gasteiger partial charge in [0.05, 0.1) is 11.0 Å². The van der Waals surface area contributed by atoms with Crippen molar-refractivity contribution in [2.75, 3.05) is 7.05 Å². The molecule has 2 fully saturated rings. The highest BCUT2D eigenvalue weighted by atomic mass is 16.2. The Labute approximate surface area is 147 Å². The van der Waals surface area contributed by atoms with Gasteiger partial charge >= 0.3 is 11.7 Å². The van der Waals surface area contributed by atoms with Crippen LogP contribution in [0.25, 0.3) is 11.0 Å². The van der Waals surface area contributed by atoms with Crippen LogP contribution in [-0.2, 0) is 6.54 Å². The molecule has 6 nitrogen and oxygen atoms in total. The van der Waals surface area contributed by atoms with Gasteiger partial charge in [-0.05, 0) is 51.3 Å². The molecule has 0 aliphatic carbocycles. The average molecular weight is 342 g/mol. The molecule has 3 heterocycles. The predicted molar refractivity (Wildman–Crippen MR) is 98.0 cm³/mol. The van der Waals surface area contributed by atoms with Crippen molar-refractivity contribution in [3.63, 3.8) is 0 Å². The van der Waals surface area contributed by atoms with E-state index in [-0.39, 0.29) is 17.8 Å². The van der Waals surface area contributed by atoms with Crippen LogP contribution in [0.1, 0.15) is 39.0 Å². The standard InChI is InChI=1S/C19H26N4O2/c1-3-10-22-16-6-4-5-7-17(16)23(19(22)25)18(24)20-13-11-14-8-9-15(12-13)21(14)2/h4-7,13-15H,3,8-12H2,1-2H3,(H,20,24). The molecule has 1 aromatic carbocycles. The maximum absolute atomic E-state index is 12.9. The fourth-order valence-electron chi connectivity index (χ4n) is 4.61. The molecule has 2 aliphatic heterocycles. The maximum Gasteiger partial charge on any atom is 0.337 e. The normalized spacial score (nSPS) is 26.2. The van der Waals surface area contributed by atoms with Crippen molar-refractivity contribution >= 4 is 17.1 Å². The zero-order chi connectivity index (χ0) is 17.6. The number of para-hydroxylation sites is 2. The molecular formula is C19H26N4O2. The van der Waals surface area contributed by atoms with Gasteiger partial charge in [-0.25, -0.2) is 14.2 Å². The lowest BCUT2D eigenvalue weighted by Gasteiger charge is -2.36. The minimum absolute atomic E-state index is 0.154. The molecule has 1 N–H and O–H groups in total. The topological polar surface area (TPSA) is 59.3 Å². The molecule has 1 aromatic heterocycles. The first-order valence-corrected chi connectivity index (χ1v) is 9.33. The molecule has 0 spiro atoms. The van der Waals surface area contributed by atoms with Crippen molar-refractivity contribution in [1.29, 1.82) is 0 Å². The van der Waals surface area contributed by atoms with Crippen LogP contribution in [0.4, 0.5) is 4.79 Å². The third-order valence-electron chi connectivity index (χ3n) is 5.91. The highest BCUT2D eigenvalue weighted by molar-refractivity contribution is 5.89. The van der Waals surface area contributed by atoms with Gasteiger partial charge in [0, 0.05) is 24.7 Å². The third kappa shape index (κ3) is 2.68. The van der Waals surface area contributed by atoms with Gasteiger partial charge in [-0.2, -0.15) is 0 Å². The molecule has 1 amide bonds. The number of carbonyl (C=O) groups is 1. The van der Waals surface area contributed by atoms with Gasteiger partial charge in [-0.3, -0.25) is 4.57 Å². The van der Waals surface area contributed by atoms with E-state index in [1.165, 1.54) is 17.4 Å². The van der Waals surface area contributed by atoms with Crippen molar-refractivity contribution in [3.05, 3.63) is 34.7 Å². The third-order valence-corrected chi connectivity index (χ3v) is 5.91. The molecule has 25 heavy (non-hydrogen) atoms. The summed E-state index contributed by atoms with van der Waals surface area (Å²) in [6.07, 6.45) is 5.22. The van der Waals surface area contributed by atoms with Gasteiger partial charge in [0.2, 0.25) is 0 Å². The van der Waals surface area contributed by atoms with Crippen LogP contribution in [-0.4, -0.2) is 45.2 Å². The first kappa shape index (κ1) is 16.4. The maximum atomic E-state index is 12.9. The molecule has 4 rings (SSSR count). The Kier molecular flexibility index (Phi) is 4.15. The number of fused-ring (bicyclic) bond motifs is 3. The second-order valence-electron chi connectivity index (χ2n) is 7.43. The van der Waals surface area contributed by atoms with E-state index in [0.29, 0.717) is 24.1 Å². The Hall–Kier alpha value is -2.08. The molecule has 2 atom stereocenters. The summed E-state index contributed by atoms with van der Waals surface area (Å²) in [6, 6.07) is 8.52. The zero-order valence-corrected chi connectivity index (χ0v) is 14.9. The van der Waals surface area contributed by atoms with Gasteiger partial charge in [-0.15, -0.1) is 0 Å². The van der Waals surface area contributed by atoms with Crippen LogP contribution >= 0.6 is 0 Å². The monoisotopic (exact) mass is 342 g/mol. The molecule has 0 radical (unpaired) electrons. The van der Waals surface area contributed by atoms with Crippen molar-refractivity contribution in [2.45, 2.75) is 63.7 Å². The van der Waals surface area contributed by atoms with Crippen LogP contribution in [0.3, 0.4) is 0 Å². The van der Waals surface area contributed by atoms with Crippen molar-refractivity contribution < 1.29 is 4.79 Å². The van der Waals surface area contributed by atoms with Crippen molar-refractivity contribution in [1.82, 2.24) is 19.4 Å². The van der Waals surface area contributed by atoms with Gasteiger partial charge < -0.3 is 10.2 Å². The first-order valence-electron chi connectivity index (χ1n) is 9.33. The summed E-state index contributed by atoms with van der Waals surface area (Å²) in [4.78, 5) is 28.2. The summed E-state index contributed by atoms with van der Waals surface area (Å²) in [5.74, 6) is 0. The van der Waals surface area contributed by atoms with Crippen LogP contribution in [0.5, 0.6) is 0 Å². The van der Waals surface area contributed by atoms with Crippen LogP contribution in [0, 0.1) is 0 Å². The van der Waals surface area contributed by atoms with E-state index in [9.17, 15) is 9.59 Å². The van der Waals surface area contributed by atoms with Crippen LogP contribution in [0.15, 0.2) is 29.1 Å². The number of nitrogens with one attached hydrogen (secondary N) is 1. The number of nitrogens with zero attached hydrogens (tertiary/aromatic N) is 3. The Bertz CT molecular complexity index is 839. The zero-order valence-electron chi connectivity index (χ0n) is 14.9. The summed E-state index contributed by atoms with van der Waals surface area (Å²) < 4.78 is 3.01. The Balaban J connectivity index is 1.62. The lowest BCUT2D eigenvalue weighted by Crippen LogP contribution is -2.50.